The van der Waals surface area contributed by atoms with Gasteiger partial charge in [-0.2, -0.15) is 5.10 Å². The van der Waals surface area contributed by atoms with Gasteiger partial charge in [0.15, 0.2) is 5.82 Å². The molecule has 4 aromatic rings. The van der Waals surface area contributed by atoms with Crippen LogP contribution in [0.3, 0.4) is 0 Å². The van der Waals surface area contributed by atoms with Crippen LogP contribution in [-0.4, -0.2) is 41.0 Å². The van der Waals surface area contributed by atoms with E-state index in [0.29, 0.717) is 23.0 Å². The molecule has 9 nitrogen and oxygen atoms in total. The van der Waals surface area contributed by atoms with Crippen LogP contribution in [-0.2, 0) is 18.3 Å². The molecule has 0 spiro atoms. The van der Waals surface area contributed by atoms with E-state index in [-0.39, 0.29) is 18.1 Å². The maximum atomic E-state index is 12.7. The molecule has 3 heterocycles. The number of benzene rings is 1. The topological polar surface area (TPSA) is 108 Å². The van der Waals surface area contributed by atoms with Gasteiger partial charge in [0, 0.05) is 53.3 Å². The number of rotatable bonds is 6. The van der Waals surface area contributed by atoms with Crippen LogP contribution in [0.25, 0.3) is 5.95 Å². The maximum Gasteiger partial charge on any atom is 0.251 e. The van der Waals surface area contributed by atoms with E-state index in [1.165, 1.54) is 0 Å². The van der Waals surface area contributed by atoms with E-state index in [2.05, 4.69) is 25.4 Å². The molecule has 9 heteroatoms. The molecule has 0 fully saturated rings. The Kier molecular flexibility index (Phi) is 5.87. The van der Waals surface area contributed by atoms with Crippen LogP contribution in [0.15, 0.2) is 42.7 Å². The third-order valence-corrected chi connectivity index (χ3v) is 5.39. The van der Waals surface area contributed by atoms with E-state index >= 15 is 0 Å². The number of ketones is 1. The number of nitrogens with zero attached hydrogens (tertiary/aromatic N) is 6. The van der Waals surface area contributed by atoms with Crippen LogP contribution in [0.4, 0.5) is 5.69 Å². The first-order chi connectivity index (χ1) is 15.7. The highest BCUT2D eigenvalue weighted by Gasteiger charge is 2.18. The second kappa shape index (κ2) is 8.78. The molecule has 0 saturated carbocycles. The first-order valence-corrected chi connectivity index (χ1v) is 10.5. The lowest BCUT2D eigenvalue weighted by atomic mass is 10.1. The highest BCUT2D eigenvalue weighted by atomic mass is 16.1. The van der Waals surface area contributed by atoms with Crippen molar-refractivity contribution in [2.45, 2.75) is 34.1 Å². The van der Waals surface area contributed by atoms with E-state index in [9.17, 15) is 9.59 Å². The summed E-state index contributed by atoms with van der Waals surface area (Å²) < 4.78 is 3.35. The molecule has 3 aromatic heterocycles. The molecule has 0 aliphatic heterocycles. The molecule has 0 aliphatic carbocycles. The quantitative estimate of drug-likeness (QED) is 0.459. The molecule has 168 valence electrons. The van der Waals surface area contributed by atoms with Gasteiger partial charge in [0.1, 0.15) is 0 Å². The van der Waals surface area contributed by atoms with Crippen LogP contribution in [0.5, 0.6) is 0 Å². The lowest BCUT2D eigenvalue weighted by Gasteiger charge is -2.08. The number of aromatic nitrogens is 6. The van der Waals surface area contributed by atoms with Gasteiger partial charge >= 0.3 is 0 Å². The molecule has 0 atom stereocenters. The van der Waals surface area contributed by atoms with Crippen molar-refractivity contribution in [3.05, 3.63) is 82.5 Å². The zero-order valence-electron chi connectivity index (χ0n) is 19.2. The third-order valence-electron chi connectivity index (χ3n) is 5.39. The summed E-state index contributed by atoms with van der Waals surface area (Å²) in [5, 5.41) is 7.44. The number of hydrogen-bond donors (Lipinski definition) is 1. The van der Waals surface area contributed by atoms with Crippen molar-refractivity contribution in [3.63, 3.8) is 0 Å². The summed E-state index contributed by atoms with van der Waals surface area (Å²) in [5.41, 5.74) is 5.23. The number of carbonyl (C=O) groups is 2. The summed E-state index contributed by atoms with van der Waals surface area (Å²) >= 11 is 0. The Labute approximate surface area is 191 Å². The Hall–Kier alpha value is -4.14. The standard InChI is InChI=1S/C24H25N7O2/c1-14-12-15(2)27-24(26-14)31-17(4)20(16(3)29-31)13-21(32)28-19-8-6-18(7-9-19)22(33)23-25-10-11-30(23)5/h6-12H,13H2,1-5H3,(H,28,32). The Morgan fingerprint density at radius 1 is 1.00 bits per heavy atom. The number of imidazole rings is 1. The van der Waals surface area contributed by atoms with Gasteiger partial charge in [-0.25, -0.2) is 19.6 Å². The molecule has 33 heavy (non-hydrogen) atoms. The van der Waals surface area contributed by atoms with Crippen LogP contribution in [0, 0.1) is 27.7 Å². The minimum absolute atomic E-state index is 0.163. The monoisotopic (exact) mass is 443 g/mol. The first-order valence-electron chi connectivity index (χ1n) is 10.5. The summed E-state index contributed by atoms with van der Waals surface area (Å²) in [7, 11) is 1.77. The Morgan fingerprint density at radius 3 is 2.27 bits per heavy atom. The molecule has 0 radical (unpaired) electrons. The highest BCUT2D eigenvalue weighted by Crippen LogP contribution is 2.19. The Bertz CT molecular complexity index is 1330. The van der Waals surface area contributed by atoms with Gasteiger partial charge in [-0.05, 0) is 58.0 Å². The second-order valence-electron chi connectivity index (χ2n) is 8.01. The predicted molar refractivity (Wildman–Crippen MR) is 124 cm³/mol. The number of hydrogen-bond acceptors (Lipinski definition) is 6. The van der Waals surface area contributed by atoms with Crippen molar-refractivity contribution in [2.24, 2.45) is 7.05 Å². The van der Waals surface area contributed by atoms with Gasteiger partial charge in [0.2, 0.25) is 11.7 Å². The van der Waals surface area contributed by atoms with Gasteiger partial charge < -0.3 is 9.88 Å². The van der Waals surface area contributed by atoms with Crippen LogP contribution < -0.4 is 5.32 Å². The van der Waals surface area contributed by atoms with E-state index in [1.807, 2.05) is 33.8 Å². The van der Waals surface area contributed by atoms with E-state index in [0.717, 1.165) is 28.3 Å². The van der Waals surface area contributed by atoms with Gasteiger partial charge in [-0.1, -0.05) is 0 Å². The maximum absolute atomic E-state index is 12.7. The van der Waals surface area contributed by atoms with E-state index in [4.69, 9.17) is 0 Å². The highest BCUT2D eigenvalue weighted by molar-refractivity contribution is 6.07. The molecule has 1 N–H and O–H groups in total. The summed E-state index contributed by atoms with van der Waals surface area (Å²) in [6.07, 6.45) is 3.47. The minimum Gasteiger partial charge on any atom is -0.331 e. The summed E-state index contributed by atoms with van der Waals surface area (Å²) in [5.74, 6) is 0.508. The molecule has 4 rings (SSSR count). The van der Waals surface area contributed by atoms with E-state index < -0.39 is 0 Å². The van der Waals surface area contributed by atoms with Crippen LogP contribution in [0.1, 0.15) is 44.5 Å². The van der Waals surface area contributed by atoms with Crippen molar-refractivity contribution < 1.29 is 9.59 Å². The lowest BCUT2D eigenvalue weighted by Crippen LogP contribution is -2.16. The fourth-order valence-electron chi connectivity index (χ4n) is 3.71. The molecule has 0 unspecified atom stereocenters. The Morgan fingerprint density at radius 2 is 1.67 bits per heavy atom. The normalized spacial score (nSPS) is 10.9. The van der Waals surface area contributed by atoms with Crippen molar-refractivity contribution in [1.29, 1.82) is 0 Å². The van der Waals surface area contributed by atoms with Gasteiger partial charge in [-0.3, -0.25) is 9.59 Å². The Balaban J connectivity index is 1.48. The second-order valence-corrected chi connectivity index (χ2v) is 8.01. The average molecular weight is 444 g/mol. The van der Waals surface area contributed by atoms with E-state index in [1.54, 1.807) is 53.0 Å². The summed E-state index contributed by atoms with van der Waals surface area (Å²) in [6.45, 7) is 7.59. The SMILES string of the molecule is Cc1cc(C)nc(-n2nc(C)c(CC(=O)Nc3ccc(C(=O)c4nccn4C)cc3)c2C)n1. The minimum atomic E-state index is -0.176. The first kappa shape index (κ1) is 22.1. The number of amides is 1. The van der Waals surface area contributed by atoms with Gasteiger partial charge in [-0.15, -0.1) is 0 Å². The molecule has 1 aromatic carbocycles. The number of aryl methyl sites for hydroxylation is 4. The number of carbonyl (C=O) groups excluding carboxylic acids is 2. The van der Waals surface area contributed by atoms with Crippen molar-refractivity contribution >= 4 is 17.4 Å². The lowest BCUT2D eigenvalue weighted by molar-refractivity contribution is -0.115. The molecule has 0 bridgehead atoms. The zero-order chi connectivity index (χ0) is 23.7. The largest absolute Gasteiger partial charge is 0.331 e. The average Bonchev–Trinajstić information content (AvgIpc) is 3.31. The van der Waals surface area contributed by atoms with Crippen molar-refractivity contribution in [2.75, 3.05) is 5.32 Å². The molecule has 0 saturated heterocycles. The summed E-state index contributed by atoms with van der Waals surface area (Å²) in [4.78, 5) is 38.3. The third kappa shape index (κ3) is 4.57. The summed E-state index contributed by atoms with van der Waals surface area (Å²) in [6, 6.07) is 8.68. The van der Waals surface area contributed by atoms with Crippen LogP contribution >= 0.6 is 0 Å². The zero-order valence-corrected chi connectivity index (χ0v) is 19.2. The smallest absolute Gasteiger partial charge is 0.251 e. The molecule has 1 amide bonds. The number of anilines is 1. The van der Waals surface area contributed by atoms with Gasteiger partial charge in [0.05, 0.1) is 12.1 Å². The van der Waals surface area contributed by atoms with Crippen LogP contribution in [0.2, 0.25) is 0 Å². The fraction of sp³-hybridized carbons (Fsp3) is 0.250. The van der Waals surface area contributed by atoms with Gasteiger partial charge in [0.25, 0.3) is 5.95 Å². The number of nitrogens with one attached hydrogen (secondary N) is 1. The predicted octanol–water partition coefficient (Wildman–Crippen LogP) is 3.04. The van der Waals surface area contributed by atoms with Crippen molar-refractivity contribution in [1.82, 2.24) is 29.3 Å². The molecule has 0 aliphatic rings. The van der Waals surface area contributed by atoms with Crippen molar-refractivity contribution in [3.8, 4) is 5.95 Å². The molecular formula is C24H25N7O2. The molecular weight excluding hydrogens is 418 g/mol. The fourth-order valence-corrected chi connectivity index (χ4v) is 3.71.